The molecule has 0 saturated carbocycles. The molecule has 1 rings (SSSR count). The van der Waals surface area contributed by atoms with Crippen molar-refractivity contribution in [2.24, 2.45) is 0 Å². The number of carbonyl (C=O) groups excluding carboxylic acids is 1. The molecular formula is C9H9BrN2O4. The Hall–Kier alpha value is -1.47. The lowest BCUT2D eigenvalue weighted by atomic mass is 10.4. The highest BCUT2D eigenvalue weighted by Crippen LogP contribution is 2.19. The van der Waals surface area contributed by atoms with Crippen LogP contribution in [0.1, 0.15) is 0 Å². The van der Waals surface area contributed by atoms with E-state index in [1.54, 1.807) is 6.07 Å². The number of ether oxygens (including phenoxy) is 1. The van der Waals surface area contributed by atoms with Gasteiger partial charge < -0.3 is 15.2 Å². The second-order valence-corrected chi connectivity index (χ2v) is 3.64. The molecular weight excluding hydrogens is 280 g/mol. The first-order valence-corrected chi connectivity index (χ1v) is 5.08. The molecule has 1 aromatic rings. The maximum absolute atomic E-state index is 11.3. The Labute approximate surface area is 99.8 Å². The van der Waals surface area contributed by atoms with Crippen LogP contribution in [0, 0.1) is 0 Å². The summed E-state index contributed by atoms with van der Waals surface area (Å²) in [5.41, 5.74) is 0.555. The fraction of sp³-hybridized carbons (Fsp3) is 0.222. The van der Waals surface area contributed by atoms with Crippen LogP contribution in [0.4, 0.5) is 5.69 Å². The van der Waals surface area contributed by atoms with Crippen LogP contribution in [0.25, 0.3) is 0 Å². The topological polar surface area (TPSA) is 88.5 Å². The van der Waals surface area contributed by atoms with Crippen molar-refractivity contribution in [3.05, 3.63) is 22.9 Å². The Morgan fingerprint density at radius 3 is 2.88 bits per heavy atom. The number of rotatable bonds is 5. The van der Waals surface area contributed by atoms with Gasteiger partial charge in [-0.3, -0.25) is 9.78 Å². The van der Waals surface area contributed by atoms with E-state index in [4.69, 9.17) is 5.11 Å². The van der Waals surface area contributed by atoms with Crippen LogP contribution < -0.4 is 5.32 Å². The van der Waals surface area contributed by atoms with Gasteiger partial charge in [-0.1, -0.05) is 0 Å². The van der Waals surface area contributed by atoms with E-state index >= 15 is 0 Å². The van der Waals surface area contributed by atoms with Gasteiger partial charge in [-0.05, 0) is 22.0 Å². The summed E-state index contributed by atoms with van der Waals surface area (Å²) in [6.45, 7) is -0.800. The van der Waals surface area contributed by atoms with E-state index in [2.05, 4.69) is 31.0 Å². The normalized spacial score (nSPS) is 9.81. The molecule has 0 atom stereocenters. The molecule has 0 fully saturated rings. The van der Waals surface area contributed by atoms with Crippen LogP contribution in [-0.4, -0.2) is 35.2 Å². The highest BCUT2D eigenvalue weighted by atomic mass is 79.9. The second-order valence-electron chi connectivity index (χ2n) is 2.79. The fourth-order valence-electron chi connectivity index (χ4n) is 0.894. The lowest BCUT2D eigenvalue weighted by Crippen LogP contribution is -2.20. The predicted molar refractivity (Wildman–Crippen MR) is 59.0 cm³/mol. The van der Waals surface area contributed by atoms with E-state index in [9.17, 15) is 9.59 Å². The molecule has 0 radical (unpaired) electrons. The van der Waals surface area contributed by atoms with Gasteiger partial charge in [-0.25, -0.2) is 4.79 Å². The minimum Gasteiger partial charge on any atom is -0.480 e. The average molecular weight is 289 g/mol. The van der Waals surface area contributed by atoms with Crippen molar-refractivity contribution in [3.63, 3.8) is 0 Å². The first kappa shape index (κ1) is 12.6. The Kier molecular flexibility index (Phi) is 4.87. The maximum Gasteiger partial charge on any atom is 0.329 e. The van der Waals surface area contributed by atoms with Gasteiger partial charge in [0.2, 0.25) is 5.91 Å². The Balaban J connectivity index is 2.40. The third-order valence-electron chi connectivity index (χ3n) is 1.51. The number of halogens is 1. The molecule has 0 aliphatic carbocycles. The van der Waals surface area contributed by atoms with Crippen LogP contribution in [-0.2, 0) is 14.3 Å². The minimum atomic E-state index is -1.11. The zero-order chi connectivity index (χ0) is 12.0. The largest absolute Gasteiger partial charge is 0.480 e. The molecule has 1 aromatic heterocycles. The summed E-state index contributed by atoms with van der Waals surface area (Å²) in [5, 5.41) is 10.8. The summed E-state index contributed by atoms with van der Waals surface area (Å²) in [5.74, 6) is -1.54. The van der Waals surface area contributed by atoms with Crippen LogP contribution in [0.3, 0.4) is 0 Å². The van der Waals surface area contributed by atoms with E-state index in [-0.39, 0.29) is 6.61 Å². The number of amides is 1. The monoisotopic (exact) mass is 288 g/mol. The van der Waals surface area contributed by atoms with Crippen LogP contribution in [0.5, 0.6) is 0 Å². The fourth-order valence-corrected chi connectivity index (χ4v) is 1.24. The number of anilines is 1. The third-order valence-corrected chi connectivity index (χ3v) is 2.14. The Bertz CT molecular complexity index is 397. The van der Waals surface area contributed by atoms with E-state index in [0.29, 0.717) is 10.2 Å². The van der Waals surface area contributed by atoms with Crippen LogP contribution >= 0.6 is 15.9 Å². The maximum atomic E-state index is 11.3. The summed E-state index contributed by atoms with van der Waals surface area (Å²) in [6, 6.07) is 1.61. The number of hydrogen-bond acceptors (Lipinski definition) is 4. The zero-order valence-corrected chi connectivity index (χ0v) is 9.73. The van der Waals surface area contributed by atoms with Crippen molar-refractivity contribution in [3.8, 4) is 0 Å². The highest BCUT2D eigenvalue weighted by Gasteiger charge is 2.06. The van der Waals surface area contributed by atoms with Crippen LogP contribution in [0.15, 0.2) is 22.9 Å². The van der Waals surface area contributed by atoms with Gasteiger partial charge in [0, 0.05) is 12.4 Å². The summed E-state index contributed by atoms with van der Waals surface area (Å²) < 4.78 is 5.27. The summed E-state index contributed by atoms with van der Waals surface area (Å²) in [7, 11) is 0. The molecule has 1 heterocycles. The quantitative estimate of drug-likeness (QED) is 0.840. The molecule has 0 bridgehead atoms. The minimum absolute atomic E-state index is 0.305. The number of carboxylic acids is 1. The number of hydrogen-bond donors (Lipinski definition) is 2. The number of pyridine rings is 1. The molecule has 7 heteroatoms. The van der Waals surface area contributed by atoms with E-state index < -0.39 is 18.5 Å². The first-order valence-electron chi connectivity index (χ1n) is 4.28. The number of aliphatic carboxylic acids is 1. The third kappa shape index (κ3) is 4.37. The van der Waals surface area contributed by atoms with Crippen molar-refractivity contribution in [1.82, 2.24) is 4.98 Å². The first-order chi connectivity index (χ1) is 7.59. The smallest absolute Gasteiger partial charge is 0.329 e. The van der Waals surface area contributed by atoms with Gasteiger partial charge in [0.1, 0.15) is 13.2 Å². The number of aromatic nitrogens is 1. The molecule has 86 valence electrons. The molecule has 0 aliphatic rings. The van der Waals surface area contributed by atoms with Crippen molar-refractivity contribution in [1.29, 1.82) is 0 Å². The molecule has 0 unspecified atom stereocenters. The van der Waals surface area contributed by atoms with Gasteiger partial charge >= 0.3 is 5.97 Å². The number of nitrogens with zero attached hydrogens (tertiary/aromatic N) is 1. The number of carbonyl (C=O) groups is 2. The predicted octanol–water partition coefficient (Wildman–Crippen LogP) is 0.884. The Morgan fingerprint density at radius 1 is 1.50 bits per heavy atom. The van der Waals surface area contributed by atoms with Crippen molar-refractivity contribution < 1.29 is 19.4 Å². The average Bonchev–Trinajstić information content (AvgIpc) is 2.21. The molecule has 0 spiro atoms. The lowest BCUT2D eigenvalue weighted by molar-refractivity contribution is -0.143. The van der Waals surface area contributed by atoms with Gasteiger partial charge in [-0.15, -0.1) is 0 Å². The summed E-state index contributed by atoms with van der Waals surface area (Å²) in [4.78, 5) is 25.2. The number of carboxylic acid groups (broad SMARTS) is 1. The van der Waals surface area contributed by atoms with E-state index in [0.717, 1.165) is 0 Å². The zero-order valence-electron chi connectivity index (χ0n) is 8.14. The lowest BCUT2D eigenvalue weighted by Gasteiger charge is -2.06. The van der Waals surface area contributed by atoms with E-state index in [1.807, 2.05) is 0 Å². The van der Waals surface area contributed by atoms with Gasteiger partial charge in [0.25, 0.3) is 0 Å². The molecule has 0 aromatic carbocycles. The van der Waals surface area contributed by atoms with Crippen LogP contribution in [0.2, 0.25) is 0 Å². The van der Waals surface area contributed by atoms with Gasteiger partial charge in [0.15, 0.2) is 0 Å². The van der Waals surface area contributed by atoms with Crippen molar-refractivity contribution in [2.75, 3.05) is 18.5 Å². The summed E-state index contributed by atoms with van der Waals surface area (Å²) >= 11 is 3.20. The Morgan fingerprint density at radius 2 is 2.25 bits per heavy atom. The molecule has 6 nitrogen and oxygen atoms in total. The van der Waals surface area contributed by atoms with Crippen molar-refractivity contribution >= 4 is 33.5 Å². The van der Waals surface area contributed by atoms with Gasteiger partial charge in [0.05, 0.1) is 10.2 Å². The molecule has 16 heavy (non-hydrogen) atoms. The van der Waals surface area contributed by atoms with Crippen molar-refractivity contribution in [2.45, 2.75) is 0 Å². The molecule has 0 aliphatic heterocycles. The summed E-state index contributed by atoms with van der Waals surface area (Å²) in [6.07, 6.45) is 3.06. The standard InChI is InChI=1S/C9H9BrN2O4/c10-6-3-11-2-1-7(6)12-8(13)4-16-5-9(14)15/h1-3H,4-5H2,(H,14,15)(H,11,12,13). The van der Waals surface area contributed by atoms with E-state index in [1.165, 1.54) is 12.4 Å². The molecule has 2 N–H and O–H groups in total. The SMILES string of the molecule is O=C(O)COCC(=O)Nc1ccncc1Br. The second kappa shape index (κ2) is 6.19. The number of nitrogens with one attached hydrogen (secondary N) is 1. The molecule has 0 saturated heterocycles. The highest BCUT2D eigenvalue weighted by molar-refractivity contribution is 9.10. The van der Waals surface area contributed by atoms with Gasteiger partial charge in [-0.2, -0.15) is 0 Å². The molecule has 1 amide bonds.